The summed E-state index contributed by atoms with van der Waals surface area (Å²) in [6.07, 6.45) is 5.90. The molecule has 1 aliphatic carbocycles. The molecule has 0 aromatic carbocycles. The predicted molar refractivity (Wildman–Crippen MR) is 126 cm³/mol. The topological polar surface area (TPSA) is 123 Å². The van der Waals surface area contributed by atoms with Crippen molar-refractivity contribution in [3.05, 3.63) is 12.4 Å². The van der Waals surface area contributed by atoms with Crippen LogP contribution in [0, 0.1) is 5.92 Å². The summed E-state index contributed by atoms with van der Waals surface area (Å²) < 4.78 is 7.92. The number of nitrogens with zero attached hydrogens (tertiary/aromatic N) is 8. The zero-order valence-electron chi connectivity index (χ0n) is 18.9. The van der Waals surface area contributed by atoms with Crippen LogP contribution in [-0.2, 0) is 11.3 Å². The Morgan fingerprint density at radius 1 is 1.06 bits per heavy atom. The summed E-state index contributed by atoms with van der Waals surface area (Å²) >= 11 is 0. The molecule has 1 saturated carbocycles. The zero-order valence-corrected chi connectivity index (χ0v) is 18.9. The Bertz CT molecular complexity index is 1140. The molecule has 3 N–H and O–H groups in total. The minimum atomic E-state index is 0.238. The summed E-state index contributed by atoms with van der Waals surface area (Å²) in [5.41, 5.74) is 8.20. The fourth-order valence-electron chi connectivity index (χ4n) is 4.64. The molecule has 33 heavy (non-hydrogen) atoms. The van der Waals surface area contributed by atoms with Crippen LogP contribution >= 0.6 is 0 Å². The number of hydrogen-bond acceptors (Lipinski definition) is 10. The van der Waals surface area contributed by atoms with E-state index in [1.54, 1.807) is 12.4 Å². The van der Waals surface area contributed by atoms with Gasteiger partial charge in [-0.2, -0.15) is 0 Å². The summed E-state index contributed by atoms with van der Waals surface area (Å²) in [7, 11) is 0. The Kier molecular flexibility index (Phi) is 5.22. The van der Waals surface area contributed by atoms with Crippen molar-refractivity contribution in [3.63, 3.8) is 0 Å². The number of piperazine rings is 1. The second-order valence-corrected chi connectivity index (χ2v) is 9.24. The number of ether oxygens (including phenoxy) is 1. The third-order valence-corrected chi connectivity index (χ3v) is 6.59. The first-order valence-electron chi connectivity index (χ1n) is 11.8. The Hall–Kier alpha value is -3.05. The third kappa shape index (κ3) is 4.06. The molecule has 0 spiro atoms. The lowest BCUT2D eigenvalue weighted by Gasteiger charge is -2.32. The van der Waals surface area contributed by atoms with Crippen molar-refractivity contribution in [1.29, 1.82) is 0 Å². The van der Waals surface area contributed by atoms with Crippen molar-refractivity contribution in [2.75, 3.05) is 61.5 Å². The van der Waals surface area contributed by atoms with E-state index in [1.165, 1.54) is 12.8 Å². The van der Waals surface area contributed by atoms with E-state index >= 15 is 0 Å². The normalized spacial score (nSPS) is 21.7. The summed E-state index contributed by atoms with van der Waals surface area (Å²) in [6.45, 7) is 8.86. The predicted octanol–water partition coefficient (Wildman–Crippen LogP) is 0.910. The van der Waals surface area contributed by atoms with Gasteiger partial charge in [-0.25, -0.2) is 24.9 Å². The molecule has 1 atom stereocenters. The standard InChI is InChI=1S/C22H30N10O/c1-14-12-31(5-4-24-14)22-27-17-19(30-6-8-33-9-7-30)28-18(16-10-25-21(23)26-11-16)29-20(17)32(22)13-15-2-3-15/h10-11,14-15,24H,2-9,12-13H2,1H3,(H2,23,25,26). The number of aromatic nitrogens is 6. The smallest absolute Gasteiger partial charge is 0.219 e. The number of nitrogen functional groups attached to an aromatic ring is 1. The molecule has 6 rings (SSSR count). The van der Waals surface area contributed by atoms with Crippen LogP contribution < -0.4 is 20.9 Å². The number of rotatable bonds is 5. The summed E-state index contributed by atoms with van der Waals surface area (Å²) in [4.78, 5) is 28.1. The molecule has 11 nitrogen and oxygen atoms in total. The Morgan fingerprint density at radius 3 is 2.58 bits per heavy atom. The largest absolute Gasteiger partial charge is 0.378 e. The number of morpholine rings is 1. The van der Waals surface area contributed by atoms with Crippen molar-refractivity contribution in [2.45, 2.75) is 32.4 Å². The molecule has 2 aliphatic heterocycles. The first-order chi connectivity index (χ1) is 16.2. The molecular weight excluding hydrogens is 420 g/mol. The highest BCUT2D eigenvalue weighted by atomic mass is 16.5. The maximum absolute atomic E-state index is 5.72. The molecule has 11 heteroatoms. The summed E-state index contributed by atoms with van der Waals surface area (Å²) in [5.74, 6) is 3.38. The van der Waals surface area contributed by atoms with Gasteiger partial charge >= 0.3 is 0 Å². The number of nitrogens with two attached hydrogens (primary N) is 1. The highest BCUT2D eigenvalue weighted by molar-refractivity contribution is 5.88. The van der Waals surface area contributed by atoms with Gasteiger partial charge < -0.3 is 25.6 Å². The van der Waals surface area contributed by atoms with Crippen LogP contribution in [0.5, 0.6) is 0 Å². The minimum Gasteiger partial charge on any atom is -0.378 e. The van der Waals surface area contributed by atoms with Gasteiger partial charge in [-0.3, -0.25) is 4.57 Å². The molecule has 3 aromatic rings. The quantitative estimate of drug-likeness (QED) is 0.580. The van der Waals surface area contributed by atoms with Crippen molar-refractivity contribution >= 4 is 28.9 Å². The van der Waals surface area contributed by atoms with E-state index in [9.17, 15) is 0 Å². The molecule has 1 unspecified atom stereocenters. The number of nitrogens with one attached hydrogen (secondary N) is 1. The second kappa shape index (κ2) is 8.38. The van der Waals surface area contributed by atoms with Gasteiger partial charge in [0.15, 0.2) is 22.8 Å². The van der Waals surface area contributed by atoms with Crippen molar-refractivity contribution in [3.8, 4) is 11.4 Å². The summed E-state index contributed by atoms with van der Waals surface area (Å²) in [5, 5.41) is 3.53. The van der Waals surface area contributed by atoms with Crippen LogP contribution in [0.2, 0.25) is 0 Å². The van der Waals surface area contributed by atoms with Gasteiger partial charge in [-0.05, 0) is 25.7 Å². The highest BCUT2D eigenvalue weighted by Crippen LogP contribution is 2.36. The maximum atomic E-state index is 5.72. The lowest BCUT2D eigenvalue weighted by Crippen LogP contribution is -2.50. The fraction of sp³-hybridized carbons (Fsp3) is 0.591. The molecule has 174 valence electrons. The Morgan fingerprint density at radius 2 is 1.85 bits per heavy atom. The van der Waals surface area contributed by atoms with Gasteiger partial charge in [0.05, 0.1) is 18.8 Å². The third-order valence-electron chi connectivity index (χ3n) is 6.59. The first kappa shape index (κ1) is 20.5. The molecule has 0 bridgehead atoms. The van der Waals surface area contributed by atoms with Crippen molar-refractivity contribution in [1.82, 2.24) is 34.8 Å². The monoisotopic (exact) mass is 450 g/mol. The minimum absolute atomic E-state index is 0.238. The average Bonchev–Trinajstić information content (AvgIpc) is 3.59. The lowest BCUT2D eigenvalue weighted by atomic mass is 10.2. The van der Waals surface area contributed by atoms with Gasteiger partial charge in [-0.1, -0.05) is 0 Å². The van der Waals surface area contributed by atoms with Gasteiger partial charge in [0.2, 0.25) is 11.9 Å². The van der Waals surface area contributed by atoms with Gasteiger partial charge in [0.1, 0.15) is 0 Å². The number of imidazole rings is 1. The van der Waals surface area contributed by atoms with Crippen LogP contribution in [-0.4, -0.2) is 81.5 Å². The van der Waals surface area contributed by atoms with E-state index in [4.69, 9.17) is 25.4 Å². The highest BCUT2D eigenvalue weighted by Gasteiger charge is 2.30. The van der Waals surface area contributed by atoms with Gasteiger partial charge in [0.25, 0.3) is 0 Å². The van der Waals surface area contributed by atoms with E-state index in [2.05, 4.69) is 36.6 Å². The van der Waals surface area contributed by atoms with E-state index < -0.39 is 0 Å². The lowest BCUT2D eigenvalue weighted by molar-refractivity contribution is 0.122. The van der Waals surface area contributed by atoms with E-state index in [-0.39, 0.29) is 5.95 Å². The van der Waals surface area contributed by atoms with Crippen LogP contribution in [0.3, 0.4) is 0 Å². The molecule has 0 radical (unpaired) electrons. The number of fused-ring (bicyclic) bond motifs is 1. The Balaban J connectivity index is 1.53. The van der Waals surface area contributed by atoms with Crippen LogP contribution in [0.15, 0.2) is 12.4 Å². The summed E-state index contributed by atoms with van der Waals surface area (Å²) in [6, 6.07) is 0.417. The first-order valence-corrected chi connectivity index (χ1v) is 11.8. The molecule has 3 fully saturated rings. The van der Waals surface area contributed by atoms with Gasteiger partial charge in [0, 0.05) is 57.7 Å². The zero-order chi connectivity index (χ0) is 22.4. The van der Waals surface area contributed by atoms with Crippen LogP contribution in [0.25, 0.3) is 22.6 Å². The maximum Gasteiger partial charge on any atom is 0.219 e. The molecule has 3 aromatic heterocycles. The van der Waals surface area contributed by atoms with Crippen LogP contribution in [0.4, 0.5) is 17.7 Å². The fourth-order valence-corrected chi connectivity index (χ4v) is 4.64. The van der Waals surface area contributed by atoms with Crippen molar-refractivity contribution < 1.29 is 4.74 Å². The number of anilines is 3. The van der Waals surface area contributed by atoms with E-state index in [0.717, 1.165) is 67.8 Å². The SMILES string of the molecule is CC1CN(c2nc3c(N4CCOCC4)nc(-c4cnc(N)nc4)nc3n2CC2CC2)CCN1. The Labute approximate surface area is 192 Å². The molecule has 0 amide bonds. The molecule has 3 aliphatic rings. The molecular formula is C22H30N10O. The molecule has 2 saturated heterocycles. The number of hydrogen-bond donors (Lipinski definition) is 2. The second-order valence-electron chi connectivity index (χ2n) is 9.24. The average molecular weight is 451 g/mol. The van der Waals surface area contributed by atoms with E-state index in [1.807, 2.05) is 0 Å². The van der Waals surface area contributed by atoms with E-state index in [0.29, 0.717) is 31.0 Å². The molecule has 5 heterocycles. The van der Waals surface area contributed by atoms with Crippen LogP contribution in [0.1, 0.15) is 19.8 Å². The van der Waals surface area contributed by atoms with Gasteiger partial charge in [-0.15, -0.1) is 0 Å². The van der Waals surface area contributed by atoms with Crippen molar-refractivity contribution in [2.24, 2.45) is 5.92 Å².